The van der Waals surface area contributed by atoms with E-state index in [9.17, 15) is 19.6 Å². The SMILES string of the molecule is CC(=O)OCC(=O)[C@@]1(OC(C)=O)CC[C@H]2[C@@H]3CCC4=C/C(=N\O)CCC4=C3C(c3ccc(N(C)C)cc3)C[C@@]21C. The summed E-state index contributed by atoms with van der Waals surface area (Å²) in [5.74, 6) is -0.957. The second-order valence-electron chi connectivity index (χ2n) is 12.3. The molecule has 214 valence electrons. The molecule has 8 nitrogen and oxygen atoms in total. The molecule has 0 aromatic heterocycles. The highest BCUT2D eigenvalue weighted by molar-refractivity contribution is 5.97. The quantitative estimate of drug-likeness (QED) is 0.290. The Balaban J connectivity index is 1.66. The van der Waals surface area contributed by atoms with Gasteiger partial charge in [0.25, 0.3) is 0 Å². The van der Waals surface area contributed by atoms with Crippen molar-refractivity contribution in [1.29, 1.82) is 0 Å². The summed E-state index contributed by atoms with van der Waals surface area (Å²) < 4.78 is 11.2. The maximum absolute atomic E-state index is 13.9. The van der Waals surface area contributed by atoms with Crippen LogP contribution in [0.5, 0.6) is 0 Å². The van der Waals surface area contributed by atoms with Crippen LogP contribution in [0.25, 0.3) is 0 Å². The number of Topliss-reactive ketones (excluding diaryl/α,β-unsaturated/α-hetero) is 1. The molecule has 0 saturated heterocycles. The van der Waals surface area contributed by atoms with Crippen molar-refractivity contribution in [2.75, 3.05) is 25.6 Å². The standard InChI is InChI=1S/C32H40N2O6/c1-19(35)39-18-29(37)32(40-20(2)36)15-14-28-26-12-8-22-16-23(33-38)9-13-25(22)30(26)27(17-31(28,32)3)21-6-10-24(11-7-21)34(4)5/h6-7,10-11,16,26-28,38H,8-9,12-15,17-18H2,1-5H3/b33-23-/t26-,27?,28-,31-,32-/m0/s1. The summed E-state index contributed by atoms with van der Waals surface area (Å²) in [6.07, 6.45) is 7.18. The normalized spacial score (nSPS) is 32.0. The fourth-order valence-corrected chi connectivity index (χ4v) is 8.25. The van der Waals surface area contributed by atoms with Crippen LogP contribution < -0.4 is 4.90 Å². The number of carbonyl (C=O) groups excluding carboxylic acids is 3. The van der Waals surface area contributed by atoms with E-state index in [-0.39, 0.29) is 23.5 Å². The van der Waals surface area contributed by atoms with E-state index in [1.54, 1.807) is 0 Å². The van der Waals surface area contributed by atoms with E-state index < -0.39 is 29.6 Å². The number of ether oxygens (including phenoxy) is 2. The monoisotopic (exact) mass is 548 g/mol. The van der Waals surface area contributed by atoms with E-state index in [4.69, 9.17) is 9.47 Å². The molecule has 4 aliphatic carbocycles. The zero-order chi connectivity index (χ0) is 28.8. The first-order valence-electron chi connectivity index (χ1n) is 14.3. The molecule has 1 aromatic carbocycles. The first-order valence-corrected chi connectivity index (χ1v) is 14.3. The minimum absolute atomic E-state index is 0.0309. The molecule has 40 heavy (non-hydrogen) atoms. The molecule has 0 spiro atoms. The first-order chi connectivity index (χ1) is 19.0. The van der Waals surface area contributed by atoms with Gasteiger partial charge in [-0.15, -0.1) is 0 Å². The summed E-state index contributed by atoms with van der Waals surface area (Å²) >= 11 is 0. The van der Waals surface area contributed by atoms with Gasteiger partial charge >= 0.3 is 11.9 Å². The second kappa shape index (κ2) is 10.5. The summed E-state index contributed by atoms with van der Waals surface area (Å²) in [7, 11) is 4.03. The number of rotatable bonds is 6. The lowest BCUT2D eigenvalue weighted by atomic mass is 9.50. The van der Waals surface area contributed by atoms with E-state index in [0.29, 0.717) is 19.3 Å². The van der Waals surface area contributed by atoms with Crippen LogP contribution in [0.3, 0.4) is 0 Å². The van der Waals surface area contributed by atoms with Gasteiger partial charge in [-0.05, 0) is 91.7 Å². The summed E-state index contributed by atoms with van der Waals surface area (Å²) in [4.78, 5) is 40.1. The number of oxime groups is 1. The van der Waals surface area contributed by atoms with Crippen LogP contribution in [-0.2, 0) is 23.9 Å². The molecule has 0 bridgehead atoms. The Kier molecular flexibility index (Phi) is 7.40. The molecule has 5 rings (SSSR count). The molecule has 1 aromatic rings. The van der Waals surface area contributed by atoms with E-state index in [1.165, 1.54) is 36.1 Å². The lowest BCUT2D eigenvalue weighted by Gasteiger charge is -2.55. The predicted octanol–water partition coefficient (Wildman–Crippen LogP) is 5.35. The van der Waals surface area contributed by atoms with Gasteiger partial charge < -0.3 is 19.6 Å². The molecule has 0 amide bonds. The highest BCUT2D eigenvalue weighted by atomic mass is 16.6. The summed E-state index contributed by atoms with van der Waals surface area (Å²) in [6, 6.07) is 8.61. The van der Waals surface area contributed by atoms with Crippen molar-refractivity contribution in [3.8, 4) is 0 Å². The van der Waals surface area contributed by atoms with Gasteiger partial charge in [-0.1, -0.05) is 29.8 Å². The highest BCUT2D eigenvalue weighted by Gasteiger charge is 2.68. The lowest BCUT2D eigenvalue weighted by Crippen LogP contribution is -2.58. The van der Waals surface area contributed by atoms with Gasteiger partial charge in [0.05, 0.1) is 5.71 Å². The second-order valence-corrected chi connectivity index (χ2v) is 12.3. The number of anilines is 1. The zero-order valence-electron chi connectivity index (χ0n) is 24.2. The molecule has 4 aliphatic rings. The molecule has 1 N–H and O–H groups in total. The molecule has 0 radical (unpaired) electrons. The Morgan fingerprint density at radius 3 is 2.40 bits per heavy atom. The van der Waals surface area contributed by atoms with Gasteiger partial charge in [0.1, 0.15) is 0 Å². The third kappa shape index (κ3) is 4.55. The van der Waals surface area contributed by atoms with Crippen LogP contribution in [0, 0.1) is 17.3 Å². The number of carbonyl (C=O) groups is 3. The van der Waals surface area contributed by atoms with Crippen molar-refractivity contribution >= 4 is 29.1 Å². The van der Waals surface area contributed by atoms with Gasteiger partial charge in [-0.3, -0.25) is 14.4 Å². The highest BCUT2D eigenvalue weighted by Crippen LogP contribution is 2.67. The third-order valence-electron chi connectivity index (χ3n) is 9.99. The van der Waals surface area contributed by atoms with E-state index >= 15 is 0 Å². The largest absolute Gasteiger partial charge is 0.458 e. The maximum Gasteiger partial charge on any atom is 0.303 e. The Hall–Kier alpha value is -3.42. The van der Waals surface area contributed by atoms with Crippen molar-refractivity contribution in [3.05, 3.63) is 52.6 Å². The number of fused-ring (bicyclic) bond motifs is 4. The van der Waals surface area contributed by atoms with Gasteiger partial charge in [-0.25, -0.2) is 0 Å². The van der Waals surface area contributed by atoms with Crippen LogP contribution in [0.1, 0.15) is 77.2 Å². The molecular formula is C32H40N2O6. The smallest absolute Gasteiger partial charge is 0.303 e. The van der Waals surface area contributed by atoms with Gasteiger partial charge in [0.2, 0.25) is 5.78 Å². The van der Waals surface area contributed by atoms with Gasteiger partial charge in [0, 0.05) is 45.0 Å². The number of nitrogens with zero attached hydrogens (tertiary/aromatic N) is 2. The van der Waals surface area contributed by atoms with Crippen molar-refractivity contribution in [3.63, 3.8) is 0 Å². The average molecular weight is 549 g/mol. The van der Waals surface area contributed by atoms with Crippen LogP contribution in [0.15, 0.2) is 52.2 Å². The Bertz CT molecular complexity index is 1310. The van der Waals surface area contributed by atoms with E-state index in [0.717, 1.165) is 37.1 Å². The summed E-state index contributed by atoms with van der Waals surface area (Å²) in [5, 5.41) is 12.9. The van der Waals surface area contributed by atoms with Gasteiger partial charge in [-0.2, -0.15) is 0 Å². The average Bonchev–Trinajstić information content (AvgIpc) is 3.22. The minimum atomic E-state index is -1.35. The van der Waals surface area contributed by atoms with Crippen LogP contribution >= 0.6 is 0 Å². The van der Waals surface area contributed by atoms with Crippen molar-refractivity contribution < 1.29 is 29.1 Å². The molecule has 8 heteroatoms. The number of benzene rings is 1. The fraction of sp³-hybridized carbons (Fsp3) is 0.562. The molecule has 2 saturated carbocycles. The first kappa shape index (κ1) is 28.1. The molecule has 0 heterocycles. The molecule has 2 fully saturated rings. The Morgan fingerprint density at radius 1 is 1.05 bits per heavy atom. The predicted molar refractivity (Wildman–Crippen MR) is 151 cm³/mol. The molecular weight excluding hydrogens is 508 g/mol. The zero-order valence-corrected chi connectivity index (χ0v) is 24.2. The third-order valence-corrected chi connectivity index (χ3v) is 9.99. The van der Waals surface area contributed by atoms with Crippen LogP contribution in [0.4, 0.5) is 5.69 Å². The minimum Gasteiger partial charge on any atom is -0.458 e. The number of allylic oxidation sites excluding steroid dienone is 4. The van der Waals surface area contributed by atoms with Gasteiger partial charge in [0.15, 0.2) is 12.2 Å². The van der Waals surface area contributed by atoms with Crippen molar-refractivity contribution in [2.45, 2.75) is 77.2 Å². The summed E-state index contributed by atoms with van der Waals surface area (Å²) in [5.41, 5.74) is 5.06. The molecule has 0 aliphatic heterocycles. The summed E-state index contributed by atoms with van der Waals surface area (Å²) in [6.45, 7) is 4.35. The van der Waals surface area contributed by atoms with E-state index in [1.807, 2.05) is 20.2 Å². The molecule has 5 atom stereocenters. The van der Waals surface area contributed by atoms with Crippen LogP contribution in [0.2, 0.25) is 0 Å². The Morgan fingerprint density at radius 2 is 1.77 bits per heavy atom. The van der Waals surface area contributed by atoms with Crippen molar-refractivity contribution in [2.24, 2.45) is 22.4 Å². The number of ketones is 1. The Labute approximate surface area is 236 Å². The number of hydrogen-bond acceptors (Lipinski definition) is 8. The van der Waals surface area contributed by atoms with Crippen LogP contribution in [-0.4, -0.2) is 54.9 Å². The fourth-order valence-electron chi connectivity index (χ4n) is 8.25. The van der Waals surface area contributed by atoms with E-state index in [2.05, 4.69) is 41.2 Å². The lowest BCUT2D eigenvalue weighted by molar-refractivity contribution is -0.186. The topological polar surface area (TPSA) is 106 Å². The van der Waals surface area contributed by atoms with Crippen molar-refractivity contribution in [1.82, 2.24) is 0 Å². The number of hydrogen-bond donors (Lipinski definition) is 1. The molecule has 1 unspecified atom stereocenters. The maximum atomic E-state index is 13.9. The number of esters is 2.